The number of piperazine rings is 1. The fraction of sp³-hybridized carbons (Fsp3) is 0.857. The van der Waals surface area contributed by atoms with Crippen molar-refractivity contribution in [1.29, 1.82) is 0 Å². The first-order chi connectivity index (χ1) is 14.4. The zero-order valence-corrected chi connectivity index (χ0v) is 19.0. The first-order valence-electron chi connectivity index (χ1n) is 11.3. The number of carbonyl (C=O) groups excluding carboxylic acids is 2. The van der Waals surface area contributed by atoms with Crippen LogP contribution in [0.15, 0.2) is 4.99 Å². The summed E-state index contributed by atoms with van der Waals surface area (Å²) in [6.45, 7) is 13.1. The minimum atomic E-state index is -0.399. The molecule has 2 amide bonds. The summed E-state index contributed by atoms with van der Waals surface area (Å²) in [5.74, 6) is 1.37. The molecule has 0 radical (unpaired) electrons. The summed E-state index contributed by atoms with van der Waals surface area (Å²) >= 11 is 0. The molecule has 2 N–H and O–H groups in total. The van der Waals surface area contributed by atoms with E-state index in [2.05, 4.69) is 29.4 Å². The summed E-state index contributed by atoms with van der Waals surface area (Å²) in [5, 5.41) is 6.26. The van der Waals surface area contributed by atoms with Crippen molar-refractivity contribution >= 4 is 18.0 Å². The Balaban J connectivity index is 1.93. The fourth-order valence-corrected chi connectivity index (χ4v) is 3.82. The van der Waals surface area contributed by atoms with Crippen LogP contribution in [0.1, 0.15) is 47.0 Å². The quantitative estimate of drug-likeness (QED) is 0.451. The highest BCUT2D eigenvalue weighted by Crippen LogP contribution is 2.16. The molecule has 0 spiro atoms. The first kappa shape index (κ1) is 24.2. The molecule has 2 heterocycles. The maximum atomic E-state index is 12.6. The lowest BCUT2D eigenvalue weighted by atomic mass is 10.0. The summed E-state index contributed by atoms with van der Waals surface area (Å²) in [5.41, 5.74) is 0. The van der Waals surface area contributed by atoms with E-state index in [4.69, 9.17) is 14.5 Å². The third-order valence-electron chi connectivity index (χ3n) is 5.25. The molecule has 2 saturated heterocycles. The van der Waals surface area contributed by atoms with E-state index in [0.717, 1.165) is 44.9 Å². The van der Waals surface area contributed by atoms with E-state index >= 15 is 0 Å². The molecule has 2 atom stereocenters. The lowest BCUT2D eigenvalue weighted by Crippen LogP contribution is -2.55. The van der Waals surface area contributed by atoms with E-state index in [1.165, 1.54) is 0 Å². The average Bonchev–Trinajstić information content (AvgIpc) is 3.25. The molecule has 0 aliphatic carbocycles. The largest absolute Gasteiger partial charge is 0.450 e. The average molecular weight is 426 g/mol. The number of rotatable bonds is 8. The van der Waals surface area contributed by atoms with Crippen LogP contribution in [0.25, 0.3) is 0 Å². The molecule has 172 valence electrons. The number of hydrogen-bond donors (Lipinski definition) is 2. The van der Waals surface area contributed by atoms with E-state index in [9.17, 15) is 9.59 Å². The lowest BCUT2D eigenvalue weighted by Gasteiger charge is -2.37. The van der Waals surface area contributed by atoms with Crippen LogP contribution in [0.2, 0.25) is 0 Å². The highest BCUT2D eigenvalue weighted by molar-refractivity contribution is 5.83. The second-order valence-corrected chi connectivity index (χ2v) is 8.20. The molecule has 0 bridgehead atoms. The Morgan fingerprint density at radius 1 is 1.17 bits per heavy atom. The van der Waals surface area contributed by atoms with Crippen LogP contribution in [0.5, 0.6) is 0 Å². The number of amides is 2. The normalized spacial score (nSPS) is 21.0. The molecule has 0 aromatic carbocycles. The molecule has 2 aliphatic rings. The van der Waals surface area contributed by atoms with Gasteiger partial charge in [-0.1, -0.05) is 13.8 Å². The molecule has 9 heteroatoms. The van der Waals surface area contributed by atoms with Crippen LogP contribution in [0.3, 0.4) is 0 Å². The van der Waals surface area contributed by atoms with Crippen LogP contribution in [-0.2, 0) is 14.3 Å². The minimum Gasteiger partial charge on any atom is -0.450 e. The Kier molecular flexibility index (Phi) is 10.2. The number of aliphatic imine (C=N–C) groups is 1. The Morgan fingerprint density at radius 3 is 2.43 bits per heavy atom. The number of alkyl carbamates (subject to hydrolysis) is 1. The predicted octanol–water partition coefficient (Wildman–Crippen LogP) is 1.44. The fourth-order valence-electron chi connectivity index (χ4n) is 3.82. The van der Waals surface area contributed by atoms with Crippen molar-refractivity contribution in [2.24, 2.45) is 10.9 Å². The molecule has 2 aliphatic heterocycles. The SMILES string of the molecule is CCNC(=NCC(CC(C)C)NC(=O)OCC)N1CCN(C(=O)C2CCCO2)CC1. The second kappa shape index (κ2) is 12.6. The van der Waals surface area contributed by atoms with E-state index in [-0.39, 0.29) is 18.1 Å². The van der Waals surface area contributed by atoms with Gasteiger partial charge in [0.15, 0.2) is 5.96 Å². The minimum absolute atomic E-state index is 0.0833. The maximum absolute atomic E-state index is 12.6. The van der Waals surface area contributed by atoms with Crippen molar-refractivity contribution in [3.63, 3.8) is 0 Å². The molecule has 0 saturated carbocycles. The van der Waals surface area contributed by atoms with Gasteiger partial charge in [-0.25, -0.2) is 4.79 Å². The number of hydrogen-bond acceptors (Lipinski definition) is 5. The van der Waals surface area contributed by atoms with Crippen molar-refractivity contribution in [3.05, 3.63) is 0 Å². The molecule has 0 aromatic rings. The van der Waals surface area contributed by atoms with Gasteiger partial charge in [-0.05, 0) is 39.0 Å². The summed E-state index contributed by atoms with van der Waals surface area (Å²) in [6, 6.07) is -0.0833. The number of ether oxygens (including phenoxy) is 2. The van der Waals surface area contributed by atoms with Gasteiger partial charge >= 0.3 is 6.09 Å². The molecule has 2 unspecified atom stereocenters. The van der Waals surface area contributed by atoms with Crippen molar-refractivity contribution in [3.8, 4) is 0 Å². The van der Waals surface area contributed by atoms with Gasteiger partial charge in [0.25, 0.3) is 5.91 Å². The molecular weight excluding hydrogens is 386 g/mol. The molecule has 2 rings (SSSR count). The number of guanidine groups is 1. The van der Waals surface area contributed by atoms with Crippen LogP contribution in [-0.4, -0.2) is 92.4 Å². The van der Waals surface area contributed by atoms with Gasteiger partial charge in [0, 0.05) is 39.3 Å². The van der Waals surface area contributed by atoms with Gasteiger partial charge in [-0.15, -0.1) is 0 Å². The van der Waals surface area contributed by atoms with Crippen LogP contribution in [0, 0.1) is 5.92 Å². The highest BCUT2D eigenvalue weighted by atomic mass is 16.5. The zero-order chi connectivity index (χ0) is 21.9. The van der Waals surface area contributed by atoms with Gasteiger partial charge in [0.2, 0.25) is 0 Å². The number of nitrogens with zero attached hydrogens (tertiary/aromatic N) is 3. The monoisotopic (exact) mass is 425 g/mol. The van der Waals surface area contributed by atoms with Crippen molar-refractivity contribution in [2.75, 3.05) is 52.5 Å². The maximum Gasteiger partial charge on any atom is 0.407 e. The van der Waals surface area contributed by atoms with Gasteiger partial charge in [-0.3, -0.25) is 9.79 Å². The smallest absolute Gasteiger partial charge is 0.407 e. The molecule has 0 aromatic heterocycles. The summed E-state index contributed by atoms with van der Waals surface area (Å²) < 4.78 is 10.6. The summed E-state index contributed by atoms with van der Waals surface area (Å²) in [7, 11) is 0. The molecular formula is C21H39N5O4. The summed E-state index contributed by atoms with van der Waals surface area (Å²) in [4.78, 5) is 33.3. The topological polar surface area (TPSA) is 95.5 Å². The standard InChI is InChI=1S/C21H39N5O4/c1-5-22-20(23-15-17(14-16(3)4)24-21(28)29-6-2)26-11-9-25(10-12-26)19(27)18-8-7-13-30-18/h16-18H,5-15H2,1-4H3,(H,22,23)(H,24,28). The van der Waals surface area contributed by atoms with E-state index in [1.54, 1.807) is 6.92 Å². The van der Waals surface area contributed by atoms with Crippen LogP contribution < -0.4 is 10.6 Å². The Morgan fingerprint density at radius 2 is 1.87 bits per heavy atom. The van der Waals surface area contributed by atoms with Crippen LogP contribution in [0.4, 0.5) is 4.79 Å². The molecule has 30 heavy (non-hydrogen) atoms. The van der Waals surface area contributed by atoms with E-state index in [1.807, 2.05) is 11.8 Å². The van der Waals surface area contributed by atoms with Gasteiger partial charge in [0.05, 0.1) is 19.2 Å². The second-order valence-electron chi connectivity index (χ2n) is 8.20. The number of carbonyl (C=O) groups is 2. The van der Waals surface area contributed by atoms with Gasteiger partial charge in [-0.2, -0.15) is 0 Å². The zero-order valence-electron chi connectivity index (χ0n) is 19.0. The van der Waals surface area contributed by atoms with E-state index in [0.29, 0.717) is 38.8 Å². The molecule has 2 fully saturated rings. The highest BCUT2D eigenvalue weighted by Gasteiger charge is 2.31. The third-order valence-corrected chi connectivity index (χ3v) is 5.25. The van der Waals surface area contributed by atoms with Crippen molar-refractivity contribution in [2.45, 2.75) is 59.1 Å². The Hall–Kier alpha value is -2.03. The first-order valence-corrected chi connectivity index (χ1v) is 11.3. The number of nitrogens with one attached hydrogen (secondary N) is 2. The predicted molar refractivity (Wildman–Crippen MR) is 117 cm³/mol. The Labute approximate surface area is 180 Å². The van der Waals surface area contributed by atoms with E-state index < -0.39 is 6.09 Å². The van der Waals surface area contributed by atoms with Crippen molar-refractivity contribution < 1.29 is 19.1 Å². The van der Waals surface area contributed by atoms with Gasteiger partial charge < -0.3 is 29.9 Å². The van der Waals surface area contributed by atoms with Gasteiger partial charge in [0.1, 0.15) is 6.10 Å². The molecule has 9 nitrogen and oxygen atoms in total. The summed E-state index contributed by atoms with van der Waals surface area (Å²) in [6.07, 6.45) is 1.96. The van der Waals surface area contributed by atoms with Crippen LogP contribution >= 0.6 is 0 Å². The lowest BCUT2D eigenvalue weighted by molar-refractivity contribution is -0.142. The van der Waals surface area contributed by atoms with Crippen molar-refractivity contribution in [1.82, 2.24) is 20.4 Å². The third kappa shape index (κ3) is 7.66. The Bertz CT molecular complexity index is 570.